The molecular formula is C60H63Cl2N9O19. The highest BCUT2D eigenvalue weighted by Crippen LogP contribution is 2.48. The predicted molar refractivity (Wildman–Crippen MR) is 316 cm³/mol. The summed E-state index contributed by atoms with van der Waals surface area (Å²) in [5, 5.41) is 85.9. The zero-order valence-corrected chi connectivity index (χ0v) is 50.0. The van der Waals surface area contributed by atoms with Crippen molar-refractivity contribution in [3.05, 3.63) is 117 Å². The van der Waals surface area contributed by atoms with Crippen molar-refractivity contribution in [3.8, 4) is 57.1 Å². The number of nitrogens with two attached hydrogens (primary N) is 2. The molecule has 6 aliphatic rings. The number of aliphatic hydroxyl groups excluding tert-OH is 1. The second-order valence-corrected chi connectivity index (χ2v) is 23.5. The van der Waals surface area contributed by atoms with Gasteiger partial charge in [-0.2, -0.15) is 0 Å². The summed E-state index contributed by atoms with van der Waals surface area (Å²) < 4.78 is 25.0. The number of carboxylic acid groups (broad SMARTS) is 1. The minimum absolute atomic E-state index is 0.0500. The van der Waals surface area contributed by atoms with Crippen molar-refractivity contribution < 1.29 is 92.7 Å². The number of carboxylic acids is 1. The van der Waals surface area contributed by atoms with Crippen LogP contribution in [0.2, 0.25) is 10.0 Å². The lowest BCUT2D eigenvalue weighted by molar-refractivity contribution is -0.223. The Kier molecular flexibility index (Phi) is 18.9. The third-order valence-corrected chi connectivity index (χ3v) is 16.1. The summed E-state index contributed by atoms with van der Waals surface area (Å²) in [5.41, 5.74) is 8.21. The van der Waals surface area contributed by atoms with Gasteiger partial charge in [0.15, 0.2) is 29.6 Å². The Hall–Kier alpha value is -9.29. The van der Waals surface area contributed by atoms with Gasteiger partial charge in [-0.3, -0.25) is 38.4 Å². The zero-order chi connectivity index (χ0) is 65.5. The smallest absolute Gasteiger partial charge is 0.330 e. The number of aliphatic hydroxyl groups is 1. The van der Waals surface area contributed by atoms with Crippen LogP contribution in [-0.4, -0.2) is 133 Å². The number of Topliss-reactive ketones (excluding diaryl/α,β-unsaturated/α-hetero) is 1. The van der Waals surface area contributed by atoms with Crippen LogP contribution in [0.3, 0.4) is 0 Å². The number of primary amides is 1. The SMILES string of the molecule is CN[C@H](CC(C)C)C(=O)N[C@H]1C(=O)N[C@H](CC(N)=O)C(=O)N[C@H]2C(=O)N[C@H]3C(=O)N[C@H](C(=O)N[C@@H](C(=O)O)c4cc(O)cc(O)c4-c4cc3ccc4O)[C@H](O[C@H]3C[C@](C)(N)C(=O)[C@H](C)O3)c3ccc(c(Cl)c3)Oc3cc2cc(c3O)Oc2ccc(cc2Cl)[C@H]1O. The van der Waals surface area contributed by atoms with Gasteiger partial charge in [0.05, 0.1) is 28.0 Å². The van der Waals surface area contributed by atoms with Crippen LogP contribution in [0, 0.1) is 5.92 Å². The molecule has 476 valence electrons. The molecule has 11 bridgehead atoms. The van der Waals surface area contributed by atoms with Gasteiger partial charge in [-0.05, 0) is 110 Å². The second kappa shape index (κ2) is 26.0. The Morgan fingerprint density at radius 3 is 1.93 bits per heavy atom. The molecule has 90 heavy (non-hydrogen) atoms. The van der Waals surface area contributed by atoms with E-state index in [0.29, 0.717) is 0 Å². The van der Waals surface area contributed by atoms with E-state index in [1.807, 2.05) is 13.8 Å². The maximum atomic E-state index is 15.7. The monoisotopic (exact) mass is 1280 g/mol. The van der Waals surface area contributed by atoms with Crippen LogP contribution >= 0.6 is 23.2 Å². The molecule has 30 heteroatoms. The molecule has 7 amide bonds. The molecule has 5 aromatic carbocycles. The topological polar surface area (TPSA) is 448 Å². The third-order valence-electron chi connectivity index (χ3n) is 15.5. The van der Waals surface area contributed by atoms with Crippen molar-refractivity contribution in [2.24, 2.45) is 17.4 Å². The number of aliphatic carboxylic acids is 1. The van der Waals surface area contributed by atoms with Crippen LogP contribution in [0.5, 0.6) is 46.0 Å². The number of nitrogens with one attached hydrogen (secondary N) is 7. The minimum Gasteiger partial charge on any atom is -0.508 e. The highest BCUT2D eigenvalue weighted by atomic mass is 35.5. The number of ether oxygens (including phenoxy) is 4. The lowest BCUT2D eigenvalue weighted by Gasteiger charge is -2.40. The Morgan fingerprint density at radius 1 is 0.733 bits per heavy atom. The average Bonchev–Trinajstić information content (AvgIpc) is 0.826. The average molecular weight is 1290 g/mol. The number of rotatable bonds is 10. The van der Waals surface area contributed by atoms with Crippen molar-refractivity contribution in [2.75, 3.05) is 7.05 Å². The van der Waals surface area contributed by atoms with Gasteiger partial charge in [0.1, 0.15) is 77.3 Å². The van der Waals surface area contributed by atoms with Crippen molar-refractivity contribution in [3.63, 3.8) is 0 Å². The number of hydrogen-bond donors (Lipinski definition) is 15. The number of fused-ring (bicyclic) bond motifs is 15. The van der Waals surface area contributed by atoms with E-state index in [0.717, 1.165) is 42.5 Å². The van der Waals surface area contributed by atoms with Gasteiger partial charge in [-0.25, -0.2) is 4.79 Å². The number of phenols is 4. The number of hydrogen-bond acceptors (Lipinski definition) is 20. The molecule has 17 N–H and O–H groups in total. The fourth-order valence-electron chi connectivity index (χ4n) is 11.0. The molecule has 6 aliphatic heterocycles. The number of ketones is 1. The van der Waals surface area contributed by atoms with E-state index in [2.05, 4.69) is 37.2 Å². The number of likely N-dealkylation sites (N-methyl/N-ethyl adjacent to an activating group) is 1. The number of carbonyl (C=O) groups is 9. The van der Waals surface area contributed by atoms with Gasteiger partial charge in [0.25, 0.3) is 0 Å². The summed E-state index contributed by atoms with van der Waals surface area (Å²) in [6, 6.07) is 0.629. The van der Waals surface area contributed by atoms with Crippen molar-refractivity contribution in [2.45, 2.75) is 119 Å². The van der Waals surface area contributed by atoms with Gasteiger partial charge in [-0.15, -0.1) is 0 Å². The van der Waals surface area contributed by atoms with Gasteiger partial charge in [0, 0.05) is 29.2 Å². The molecule has 0 saturated carbocycles. The van der Waals surface area contributed by atoms with Crippen LogP contribution < -0.4 is 58.2 Å². The molecule has 6 heterocycles. The highest BCUT2D eigenvalue weighted by Gasteiger charge is 2.47. The van der Waals surface area contributed by atoms with E-state index < -0.39 is 183 Å². The van der Waals surface area contributed by atoms with E-state index in [4.69, 9.17) is 53.6 Å². The largest absolute Gasteiger partial charge is 0.508 e. The summed E-state index contributed by atoms with van der Waals surface area (Å²) in [6.07, 6.45) is -7.66. The van der Waals surface area contributed by atoms with Crippen LogP contribution in [0.1, 0.15) is 105 Å². The van der Waals surface area contributed by atoms with Crippen LogP contribution in [-0.2, 0) is 52.6 Å². The van der Waals surface area contributed by atoms with E-state index in [9.17, 15) is 54.6 Å². The second-order valence-electron chi connectivity index (χ2n) is 22.7. The lowest BCUT2D eigenvalue weighted by Crippen LogP contribution is -2.59. The summed E-state index contributed by atoms with van der Waals surface area (Å²) in [4.78, 5) is 130. The predicted octanol–water partition coefficient (Wildman–Crippen LogP) is 2.84. The Labute approximate surface area is 521 Å². The number of phenolic OH excluding ortho intramolecular Hbond substituents is 4. The molecular weight excluding hydrogens is 1220 g/mol. The van der Waals surface area contributed by atoms with E-state index in [1.165, 1.54) is 57.3 Å². The van der Waals surface area contributed by atoms with Crippen molar-refractivity contribution in [1.82, 2.24) is 37.2 Å². The van der Waals surface area contributed by atoms with E-state index in [-0.39, 0.29) is 62.6 Å². The summed E-state index contributed by atoms with van der Waals surface area (Å²) >= 11 is 13.8. The Morgan fingerprint density at radius 2 is 1.33 bits per heavy atom. The van der Waals surface area contributed by atoms with Gasteiger partial charge >= 0.3 is 5.97 Å². The summed E-state index contributed by atoms with van der Waals surface area (Å²) in [7, 11) is 1.50. The number of carbonyl (C=O) groups excluding carboxylic acids is 8. The normalized spacial score (nSPS) is 25.6. The van der Waals surface area contributed by atoms with E-state index in [1.54, 1.807) is 0 Å². The number of aromatic hydroxyl groups is 4. The molecule has 12 atom stereocenters. The Bertz CT molecular complexity index is 3770. The van der Waals surface area contributed by atoms with Gasteiger partial charge in [0.2, 0.25) is 47.1 Å². The first-order valence-electron chi connectivity index (χ1n) is 28.0. The molecule has 0 aromatic heterocycles. The lowest BCUT2D eigenvalue weighted by atomic mass is 9.88. The van der Waals surface area contributed by atoms with Crippen molar-refractivity contribution in [1.29, 1.82) is 0 Å². The fraction of sp³-hybridized carbons (Fsp3) is 0.350. The van der Waals surface area contributed by atoms with Crippen LogP contribution in [0.15, 0.2) is 78.9 Å². The van der Waals surface area contributed by atoms with Gasteiger partial charge in [-0.1, -0.05) is 55.2 Å². The minimum atomic E-state index is -2.23. The number of halogens is 2. The fourth-order valence-corrected chi connectivity index (χ4v) is 11.4. The first kappa shape index (κ1) is 65.2. The van der Waals surface area contributed by atoms with Crippen LogP contribution in [0.25, 0.3) is 11.1 Å². The third kappa shape index (κ3) is 13.6. The molecule has 1 saturated heterocycles. The van der Waals surface area contributed by atoms with Crippen LogP contribution in [0.4, 0.5) is 0 Å². The zero-order valence-electron chi connectivity index (χ0n) is 48.5. The molecule has 0 unspecified atom stereocenters. The molecule has 28 nitrogen and oxygen atoms in total. The molecule has 1 fully saturated rings. The Balaban J connectivity index is 1.29. The molecule has 0 radical (unpaired) electrons. The number of amides is 7. The summed E-state index contributed by atoms with van der Waals surface area (Å²) in [5.74, 6) is -15.7. The molecule has 0 spiro atoms. The number of benzene rings is 5. The highest BCUT2D eigenvalue weighted by molar-refractivity contribution is 6.32. The standard InChI is InChI=1S/C60H63Cl2N9O19/c1-22(2)12-33(65-5)53(79)70-47-49(76)25-7-10-37(31(61)14-25)88-39-16-27-17-40(50(39)77)89-38-11-8-26(15-32(38)62)51(90-42-21-60(4,64)52(78)23(3)87-42)48-58(84)69-46(59(85)86)30-18-28(72)19-36(74)43(30)29-13-24(6-9-35(29)73)44(55(81)71-48)68-56(82)45(27)67-54(80)34(20-41(63)75)66-57(47)83/h6-11,13-19,22-23,33-34,42,44-49,51,65,72-74,76-77H,12,20-21,64H2,1-5H3,(H2,63,75)(H,66,83)(H,67,80)(H,68,82)(H,69,84)(H,70,79)(H,71,81)(H,85,86)/t23-,33+,34+,42-,44+,45+,46+,47+,48-,49+,51+,60-/m0/s1. The maximum Gasteiger partial charge on any atom is 0.330 e. The first-order chi connectivity index (χ1) is 42.4. The quantitative estimate of drug-likeness (QED) is 0.0956. The molecule has 0 aliphatic carbocycles. The maximum absolute atomic E-state index is 15.7. The van der Waals surface area contributed by atoms with Crippen molar-refractivity contribution >= 4 is 76.3 Å². The molecule has 11 rings (SSSR count). The van der Waals surface area contributed by atoms with E-state index >= 15 is 19.2 Å². The first-order valence-corrected chi connectivity index (χ1v) is 28.7. The molecule has 5 aromatic rings. The van der Waals surface area contributed by atoms with Gasteiger partial charge < -0.3 is 98.3 Å². The summed E-state index contributed by atoms with van der Waals surface area (Å²) in [6.45, 7) is 6.46.